The zero-order valence-corrected chi connectivity index (χ0v) is 17.3. The molecular formula is C16H24NO5PS2. The number of hydrogen-bond donors (Lipinski definition) is 2. The van der Waals surface area contributed by atoms with E-state index in [4.69, 9.17) is 25.6 Å². The van der Waals surface area contributed by atoms with Crippen molar-refractivity contribution in [3.63, 3.8) is 0 Å². The van der Waals surface area contributed by atoms with Gasteiger partial charge in [-0.05, 0) is 75.1 Å². The number of benzene rings is 1. The van der Waals surface area contributed by atoms with Gasteiger partial charge in [0, 0.05) is 11.4 Å². The van der Waals surface area contributed by atoms with E-state index >= 15 is 0 Å². The van der Waals surface area contributed by atoms with Crippen LogP contribution in [0.3, 0.4) is 0 Å². The number of anilines is 1. The van der Waals surface area contributed by atoms with Crippen LogP contribution in [0.15, 0.2) is 34.9 Å². The number of ether oxygens (including phenoxy) is 1. The number of carbonyl (C=O) groups is 1. The minimum atomic E-state index is -2.71. The minimum Gasteiger partial charge on any atom is -0.508 e. The highest BCUT2D eigenvalue weighted by Gasteiger charge is 2.27. The second-order valence-electron chi connectivity index (χ2n) is 4.72. The molecule has 6 nitrogen and oxygen atoms in total. The summed E-state index contributed by atoms with van der Waals surface area (Å²) in [5.74, 6) is -0.319. The Bertz CT molecular complexity index is 638. The Balaban J connectivity index is 3.14. The van der Waals surface area contributed by atoms with Gasteiger partial charge < -0.3 is 24.2 Å². The van der Waals surface area contributed by atoms with Crippen LogP contribution in [0, 0.1) is 0 Å². The fourth-order valence-electron chi connectivity index (χ4n) is 1.79. The Morgan fingerprint density at radius 1 is 1.16 bits per heavy atom. The molecule has 0 aromatic heterocycles. The van der Waals surface area contributed by atoms with Crippen molar-refractivity contribution in [1.82, 2.24) is 0 Å². The number of esters is 1. The average molecular weight is 405 g/mol. The zero-order valence-electron chi connectivity index (χ0n) is 14.8. The molecule has 0 aliphatic heterocycles. The fourth-order valence-corrected chi connectivity index (χ4v) is 6.71. The summed E-state index contributed by atoms with van der Waals surface area (Å²) in [5.41, 5.74) is -1.42. The summed E-state index contributed by atoms with van der Waals surface area (Å²) in [6.45, 7) is 8.19. The van der Waals surface area contributed by atoms with Crippen molar-refractivity contribution >= 4 is 40.5 Å². The maximum atomic E-state index is 12.4. The summed E-state index contributed by atoms with van der Waals surface area (Å²) < 4.78 is 16.4. The number of phenols is 1. The smallest absolute Gasteiger partial charge is 0.346 e. The van der Waals surface area contributed by atoms with E-state index in [-0.39, 0.29) is 12.4 Å². The van der Waals surface area contributed by atoms with E-state index in [0.717, 1.165) is 17.1 Å². The molecule has 0 unspecified atom stereocenters. The maximum absolute atomic E-state index is 12.4. The molecule has 0 amide bonds. The molecule has 0 heterocycles. The third-order valence-corrected chi connectivity index (χ3v) is 7.96. The van der Waals surface area contributed by atoms with Gasteiger partial charge in [-0.2, -0.15) is 0 Å². The lowest BCUT2D eigenvalue weighted by Crippen LogP contribution is -2.11. The number of aromatic hydroxyl groups is 1. The second-order valence-corrected chi connectivity index (χ2v) is 10.8. The molecule has 0 radical (unpaired) electrons. The van der Waals surface area contributed by atoms with Crippen molar-refractivity contribution in [3.8, 4) is 5.75 Å². The first-order chi connectivity index (χ1) is 11.8. The number of phenolic OH excluding ortho intramolecular Hbond substituents is 1. The van der Waals surface area contributed by atoms with Crippen LogP contribution in [-0.2, 0) is 30.4 Å². The number of carbonyl (C=O) groups excluding carboxylic acids is 1. The van der Waals surface area contributed by atoms with Crippen LogP contribution in [0.1, 0.15) is 27.7 Å². The first-order valence-electron chi connectivity index (χ1n) is 7.87. The fraction of sp³-hybridized carbons (Fsp3) is 0.438. The lowest BCUT2D eigenvalue weighted by molar-refractivity contribution is -0.137. The summed E-state index contributed by atoms with van der Waals surface area (Å²) in [6.07, 6.45) is 0. The Labute approximate surface area is 157 Å². The van der Waals surface area contributed by atoms with Crippen LogP contribution in [0.4, 0.5) is 5.69 Å². The standard InChI is InChI=1S/C16H24NO5PS2/c1-5-20-16(19)15(25-23(24,21-6-2)22-7-3)12(4)17-13-8-10-14(18)11-9-13/h8-11,17-18H,5-7H2,1-4H3/b15-12+. The molecule has 1 aromatic rings. The van der Waals surface area contributed by atoms with Crippen molar-refractivity contribution in [2.45, 2.75) is 27.7 Å². The molecule has 0 atom stereocenters. The van der Waals surface area contributed by atoms with Crippen molar-refractivity contribution in [3.05, 3.63) is 34.9 Å². The minimum absolute atomic E-state index is 0.162. The molecule has 1 aromatic carbocycles. The summed E-state index contributed by atoms with van der Waals surface area (Å²) in [6, 6.07) is 6.51. The highest BCUT2D eigenvalue weighted by atomic mass is 32.9. The molecule has 25 heavy (non-hydrogen) atoms. The molecule has 0 aliphatic carbocycles. The quantitative estimate of drug-likeness (QED) is 0.253. The van der Waals surface area contributed by atoms with Crippen molar-refractivity contribution in [2.75, 3.05) is 25.1 Å². The van der Waals surface area contributed by atoms with Gasteiger partial charge in [-0.3, -0.25) is 0 Å². The van der Waals surface area contributed by atoms with Gasteiger partial charge in [0.2, 0.25) is 0 Å². The summed E-state index contributed by atoms with van der Waals surface area (Å²) >= 11 is 6.60. The number of rotatable bonds is 10. The lowest BCUT2D eigenvalue weighted by Gasteiger charge is -2.22. The molecular weight excluding hydrogens is 381 g/mol. The molecule has 0 fully saturated rings. The van der Waals surface area contributed by atoms with E-state index < -0.39 is 11.7 Å². The van der Waals surface area contributed by atoms with Crippen molar-refractivity contribution in [1.29, 1.82) is 0 Å². The van der Waals surface area contributed by atoms with E-state index in [9.17, 15) is 9.90 Å². The largest absolute Gasteiger partial charge is 0.508 e. The Kier molecular flexibility index (Phi) is 9.53. The van der Waals surface area contributed by atoms with Gasteiger partial charge in [-0.15, -0.1) is 0 Å². The molecule has 2 N–H and O–H groups in total. The highest BCUT2D eigenvalue weighted by molar-refractivity contribution is 8.69. The van der Waals surface area contributed by atoms with Gasteiger partial charge in [-0.25, -0.2) is 4.79 Å². The van der Waals surface area contributed by atoms with E-state index in [0.29, 0.717) is 23.8 Å². The summed E-state index contributed by atoms with van der Waals surface area (Å²) in [7, 11) is 0. The highest BCUT2D eigenvalue weighted by Crippen LogP contribution is 2.64. The number of hydrogen-bond acceptors (Lipinski definition) is 8. The Morgan fingerprint density at radius 2 is 1.72 bits per heavy atom. The van der Waals surface area contributed by atoms with Crippen molar-refractivity contribution in [2.24, 2.45) is 0 Å². The summed E-state index contributed by atoms with van der Waals surface area (Å²) in [5, 5.41) is 12.5. The first-order valence-corrected chi connectivity index (χ1v) is 11.9. The molecule has 9 heteroatoms. The molecule has 1 rings (SSSR count). The van der Waals surface area contributed by atoms with Gasteiger partial charge in [0.15, 0.2) is 0 Å². The van der Waals surface area contributed by atoms with Crippen LogP contribution in [0.5, 0.6) is 5.75 Å². The summed E-state index contributed by atoms with van der Waals surface area (Å²) in [4.78, 5) is 12.7. The topological polar surface area (TPSA) is 77.0 Å². The predicted octanol–water partition coefficient (Wildman–Crippen LogP) is 4.63. The zero-order chi connectivity index (χ0) is 18.9. The molecule has 0 aliphatic rings. The van der Waals surface area contributed by atoms with E-state index in [1.54, 1.807) is 38.1 Å². The van der Waals surface area contributed by atoms with Gasteiger partial charge in [0.1, 0.15) is 10.7 Å². The number of nitrogens with one attached hydrogen (secondary N) is 1. The van der Waals surface area contributed by atoms with E-state index in [1.807, 2.05) is 13.8 Å². The first kappa shape index (κ1) is 22.0. The SMILES string of the molecule is CCOC(=O)/C(SP(=S)(OCC)OCC)=C(/C)Nc1ccc(O)cc1. The Morgan fingerprint density at radius 3 is 2.20 bits per heavy atom. The van der Waals surface area contributed by atoms with E-state index in [1.165, 1.54) is 0 Å². The van der Waals surface area contributed by atoms with Gasteiger partial charge >= 0.3 is 5.97 Å². The maximum Gasteiger partial charge on any atom is 0.346 e. The average Bonchev–Trinajstić information content (AvgIpc) is 2.55. The van der Waals surface area contributed by atoms with Crippen molar-refractivity contribution < 1.29 is 23.7 Å². The normalized spacial score (nSPS) is 12.5. The molecule has 0 spiro atoms. The molecule has 0 saturated heterocycles. The van der Waals surface area contributed by atoms with Crippen LogP contribution >= 0.6 is 17.1 Å². The second kappa shape index (κ2) is 10.8. The Hall–Kier alpha value is -1.05. The third-order valence-electron chi connectivity index (χ3n) is 2.78. The van der Waals surface area contributed by atoms with Crippen LogP contribution in [0.25, 0.3) is 0 Å². The van der Waals surface area contributed by atoms with Gasteiger partial charge in [0.05, 0.1) is 19.8 Å². The molecule has 0 bridgehead atoms. The van der Waals surface area contributed by atoms with E-state index in [2.05, 4.69) is 5.32 Å². The third kappa shape index (κ3) is 7.38. The number of allylic oxidation sites excluding steroid dienone is 1. The van der Waals surface area contributed by atoms with Gasteiger partial charge in [-0.1, -0.05) is 0 Å². The monoisotopic (exact) mass is 405 g/mol. The van der Waals surface area contributed by atoms with Gasteiger partial charge in [0.25, 0.3) is 5.69 Å². The molecule has 0 saturated carbocycles. The van der Waals surface area contributed by atoms with Crippen LogP contribution < -0.4 is 5.32 Å². The predicted molar refractivity (Wildman–Crippen MR) is 106 cm³/mol. The van der Waals surface area contributed by atoms with Crippen LogP contribution in [-0.4, -0.2) is 30.9 Å². The molecule has 140 valence electrons. The van der Waals surface area contributed by atoms with Crippen LogP contribution in [0.2, 0.25) is 0 Å². The lowest BCUT2D eigenvalue weighted by atomic mass is 10.3.